The van der Waals surface area contributed by atoms with Crippen molar-refractivity contribution in [2.75, 3.05) is 12.4 Å². The van der Waals surface area contributed by atoms with Gasteiger partial charge in [-0.25, -0.2) is 4.79 Å². The maximum Gasteiger partial charge on any atom is 0.387 e. The molecule has 166 valence electrons. The van der Waals surface area contributed by atoms with Gasteiger partial charge in [-0.3, -0.25) is 9.59 Å². The summed E-state index contributed by atoms with van der Waals surface area (Å²) in [5, 5.41) is 2.71. The van der Waals surface area contributed by atoms with Crippen LogP contribution in [0.25, 0.3) is 0 Å². The van der Waals surface area contributed by atoms with Crippen LogP contribution in [0.15, 0.2) is 42.5 Å². The quantitative estimate of drug-likeness (QED) is 0.466. The number of Topliss-reactive ketones (excluding diaryl/α,β-unsaturated/α-hetero) is 1. The van der Waals surface area contributed by atoms with Gasteiger partial charge in [-0.1, -0.05) is 13.8 Å². The van der Waals surface area contributed by atoms with E-state index in [2.05, 4.69) is 10.1 Å². The summed E-state index contributed by atoms with van der Waals surface area (Å²) in [6.07, 6.45) is -1.11. The second-order valence-electron chi connectivity index (χ2n) is 6.88. The van der Waals surface area contributed by atoms with Crippen LogP contribution < -0.4 is 14.8 Å². The first kappa shape index (κ1) is 23.8. The number of methoxy groups -OCH3 is 1. The number of hydrogen-bond donors (Lipinski definition) is 1. The Morgan fingerprint density at radius 3 is 2.06 bits per heavy atom. The van der Waals surface area contributed by atoms with Gasteiger partial charge in [0.25, 0.3) is 0 Å². The summed E-state index contributed by atoms with van der Waals surface area (Å²) >= 11 is 0. The van der Waals surface area contributed by atoms with Crippen LogP contribution in [0.5, 0.6) is 11.5 Å². The van der Waals surface area contributed by atoms with E-state index in [0.29, 0.717) is 11.3 Å². The Bertz CT molecular complexity index is 944. The predicted molar refractivity (Wildman–Crippen MR) is 109 cm³/mol. The molecule has 0 aliphatic heterocycles. The lowest BCUT2D eigenvalue weighted by atomic mass is 10.1. The van der Waals surface area contributed by atoms with Gasteiger partial charge in [-0.05, 0) is 49.4 Å². The highest BCUT2D eigenvalue weighted by Gasteiger charge is 2.22. The van der Waals surface area contributed by atoms with E-state index in [-0.39, 0.29) is 28.9 Å². The van der Waals surface area contributed by atoms with Gasteiger partial charge in [-0.2, -0.15) is 8.78 Å². The van der Waals surface area contributed by atoms with E-state index in [9.17, 15) is 23.2 Å². The molecule has 9 heteroatoms. The average Bonchev–Trinajstić information content (AvgIpc) is 2.73. The molecule has 0 aromatic heterocycles. The second-order valence-corrected chi connectivity index (χ2v) is 6.88. The molecule has 1 unspecified atom stereocenters. The molecule has 31 heavy (non-hydrogen) atoms. The summed E-state index contributed by atoms with van der Waals surface area (Å²) in [7, 11) is 1.24. The van der Waals surface area contributed by atoms with Crippen molar-refractivity contribution in [2.45, 2.75) is 33.5 Å². The molecule has 0 saturated carbocycles. The summed E-state index contributed by atoms with van der Waals surface area (Å²) in [5.74, 6) is -1.92. The van der Waals surface area contributed by atoms with E-state index in [0.717, 1.165) is 6.07 Å². The number of carbonyl (C=O) groups is 3. The number of benzene rings is 2. The van der Waals surface area contributed by atoms with Crippen LogP contribution in [-0.2, 0) is 9.53 Å². The van der Waals surface area contributed by atoms with Gasteiger partial charge in [0, 0.05) is 17.2 Å². The smallest absolute Gasteiger partial charge is 0.387 e. The molecule has 1 N–H and O–H groups in total. The van der Waals surface area contributed by atoms with Crippen LogP contribution in [-0.4, -0.2) is 37.5 Å². The fraction of sp³-hybridized carbons (Fsp3) is 0.318. The van der Waals surface area contributed by atoms with E-state index in [1.807, 2.05) is 0 Å². The topological polar surface area (TPSA) is 90.9 Å². The molecule has 0 aliphatic rings. The monoisotopic (exact) mass is 435 g/mol. The first-order valence-electron chi connectivity index (χ1n) is 9.41. The lowest BCUT2D eigenvalue weighted by Gasteiger charge is -2.14. The molecule has 2 aromatic carbocycles. The van der Waals surface area contributed by atoms with Gasteiger partial charge in [0.2, 0.25) is 11.7 Å². The molecule has 0 heterocycles. The third-order valence-electron chi connectivity index (χ3n) is 4.23. The Morgan fingerprint density at radius 2 is 1.52 bits per heavy atom. The zero-order valence-corrected chi connectivity index (χ0v) is 17.5. The minimum absolute atomic E-state index is 0.00450. The van der Waals surface area contributed by atoms with Crippen LogP contribution in [0.1, 0.15) is 41.5 Å². The standard InChI is InChI=1S/C22H23F2NO6/c1-12(2)20(27)25-16-8-5-14(6-9-16)19(26)13(3)30-21(28)15-7-10-17(31-22(23)24)18(11-15)29-4/h5-13,22H,1-4H3,(H,25,27). The van der Waals surface area contributed by atoms with E-state index in [1.54, 1.807) is 26.0 Å². The molecular weight excluding hydrogens is 412 g/mol. The highest BCUT2D eigenvalue weighted by Crippen LogP contribution is 2.30. The molecule has 2 rings (SSSR count). The third kappa shape index (κ3) is 6.50. The minimum atomic E-state index is -3.05. The van der Waals surface area contributed by atoms with Gasteiger partial charge in [0.05, 0.1) is 12.7 Å². The number of nitrogens with one attached hydrogen (secondary N) is 1. The van der Waals surface area contributed by atoms with Crippen molar-refractivity contribution in [3.63, 3.8) is 0 Å². The number of rotatable bonds is 9. The molecule has 2 aromatic rings. The summed E-state index contributed by atoms with van der Waals surface area (Å²) in [5.41, 5.74) is 0.837. The number of ether oxygens (including phenoxy) is 3. The highest BCUT2D eigenvalue weighted by atomic mass is 19.3. The van der Waals surface area contributed by atoms with Crippen LogP contribution in [0, 0.1) is 5.92 Å². The summed E-state index contributed by atoms with van der Waals surface area (Å²) in [6, 6.07) is 9.75. The first-order valence-corrected chi connectivity index (χ1v) is 9.41. The molecule has 7 nitrogen and oxygen atoms in total. The molecule has 0 spiro atoms. The Kier molecular flexibility index (Phi) is 8.07. The number of hydrogen-bond acceptors (Lipinski definition) is 6. The lowest BCUT2D eigenvalue weighted by Crippen LogP contribution is -2.24. The van der Waals surface area contributed by atoms with Gasteiger partial charge < -0.3 is 19.5 Å². The SMILES string of the molecule is COc1cc(C(=O)OC(C)C(=O)c2ccc(NC(=O)C(C)C)cc2)ccc1OC(F)F. The van der Waals surface area contributed by atoms with Crippen molar-refractivity contribution in [1.29, 1.82) is 0 Å². The number of esters is 1. The normalized spacial score (nSPS) is 11.7. The second kappa shape index (κ2) is 10.5. The molecule has 0 radical (unpaired) electrons. The Balaban J connectivity index is 2.05. The van der Waals surface area contributed by atoms with Crippen molar-refractivity contribution < 1.29 is 37.4 Å². The largest absolute Gasteiger partial charge is 0.493 e. The maximum absolute atomic E-state index is 12.6. The van der Waals surface area contributed by atoms with Gasteiger partial charge in [0.1, 0.15) is 0 Å². The van der Waals surface area contributed by atoms with Crippen molar-refractivity contribution in [1.82, 2.24) is 0 Å². The number of carbonyl (C=O) groups excluding carboxylic acids is 3. The van der Waals surface area contributed by atoms with Gasteiger partial charge >= 0.3 is 12.6 Å². The van der Waals surface area contributed by atoms with Crippen LogP contribution >= 0.6 is 0 Å². The molecule has 0 bridgehead atoms. The van der Waals surface area contributed by atoms with Crippen molar-refractivity contribution in [2.24, 2.45) is 5.92 Å². The zero-order valence-electron chi connectivity index (χ0n) is 17.5. The number of amides is 1. The third-order valence-corrected chi connectivity index (χ3v) is 4.23. The summed E-state index contributed by atoms with van der Waals surface area (Å²) in [4.78, 5) is 36.6. The predicted octanol–water partition coefficient (Wildman–Crippen LogP) is 4.32. The zero-order chi connectivity index (χ0) is 23.1. The molecule has 0 fully saturated rings. The van der Waals surface area contributed by atoms with Crippen molar-refractivity contribution in [3.05, 3.63) is 53.6 Å². The fourth-order valence-corrected chi connectivity index (χ4v) is 2.51. The van der Waals surface area contributed by atoms with E-state index < -0.39 is 24.5 Å². The molecule has 1 amide bonds. The van der Waals surface area contributed by atoms with Crippen molar-refractivity contribution >= 4 is 23.3 Å². The molecule has 0 saturated heterocycles. The van der Waals surface area contributed by atoms with Gasteiger partial charge in [-0.15, -0.1) is 0 Å². The first-order chi connectivity index (χ1) is 14.6. The van der Waals surface area contributed by atoms with Gasteiger partial charge in [0.15, 0.2) is 17.6 Å². The van der Waals surface area contributed by atoms with E-state index in [1.165, 1.54) is 38.3 Å². The Hall–Kier alpha value is -3.49. The molecule has 1 atom stereocenters. The average molecular weight is 435 g/mol. The maximum atomic E-state index is 12.6. The summed E-state index contributed by atoms with van der Waals surface area (Å²) in [6.45, 7) is 1.89. The molecular formula is C22H23F2NO6. The lowest BCUT2D eigenvalue weighted by molar-refractivity contribution is -0.118. The Labute approximate surface area is 178 Å². The highest BCUT2D eigenvalue weighted by molar-refractivity contribution is 6.02. The molecule has 0 aliphatic carbocycles. The van der Waals surface area contributed by atoms with E-state index in [4.69, 9.17) is 9.47 Å². The van der Waals surface area contributed by atoms with Crippen LogP contribution in [0.4, 0.5) is 14.5 Å². The van der Waals surface area contributed by atoms with E-state index >= 15 is 0 Å². The number of ketones is 1. The summed E-state index contributed by atoms with van der Waals surface area (Å²) < 4.78 is 39.3. The van der Waals surface area contributed by atoms with Crippen LogP contribution in [0.2, 0.25) is 0 Å². The minimum Gasteiger partial charge on any atom is -0.493 e. The number of anilines is 1. The number of halogens is 2. The number of alkyl halides is 2. The fourth-order valence-electron chi connectivity index (χ4n) is 2.51. The van der Waals surface area contributed by atoms with Crippen molar-refractivity contribution in [3.8, 4) is 11.5 Å². The van der Waals surface area contributed by atoms with Crippen LogP contribution in [0.3, 0.4) is 0 Å². The Morgan fingerprint density at radius 1 is 0.903 bits per heavy atom.